The van der Waals surface area contributed by atoms with E-state index in [2.05, 4.69) is 39.4 Å². The maximum Gasteiger partial charge on any atom is 0.262 e. The number of methoxy groups -OCH3 is 1. The third-order valence-electron chi connectivity index (χ3n) is 12.9. The Bertz CT molecular complexity index is 2080. The third-order valence-corrected chi connectivity index (χ3v) is 13.8. The molecular formula is C46H60N4O8S. The van der Waals surface area contributed by atoms with Crippen molar-refractivity contribution >= 4 is 27.6 Å². The van der Waals surface area contributed by atoms with Crippen LogP contribution in [0.2, 0.25) is 0 Å². The maximum atomic E-state index is 14.1. The highest BCUT2D eigenvalue weighted by Gasteiger charge is 2.43. The van der Waals surface area contributed by atoms with Crippen LogP contribution in [-0.4, -0.2) is 117 Å². The number of aliphatic hydroxyl groups excluding tert-OH is 1. The summed E-state index contributed by atoms with van der Waals surface area (Å²) in [5.74, 6) is -0.0290. The number of imide groups is 1. The van der Waals surface area contributed by atoms with Crippen molar-refractivity contribution in [1.82, 2.24) is 20.0 Å². The highest BCUT2D eigenvalue weighted by Crippen LogP contribution is 2.38. The molecule has 0 saturated carbocycles. The predicted octanol–water partition coefficient (Wildman–Crippen LogP) is 5.84. The summed E-state index contributed by atoms with van der Waals surface area (Å²) < 4.78 is 36.5. The number of nitrogens with zero attached hydrogens (tertiary/aromatic N) is 3. The Balaban J connectivity index is 0.861. The Morgan fingerprint density at radius 1 is 0.847 bits per heavy atom. The number of rotatable bonds is 16. The summed E-state index contributed by atoms with van der Waals surface area (Å²) >= 11 is 0. The number of benzene rings is 3. The van der Waals surface area contributed by atoms with Gasteiger partial charge in [0.25, 0.3) is 11.8 Å². The number of aryl methyl sites for hydroxylation is 1. The van der Waals surface area contributed by atoms with Crippen molar-refractivity contribution in [3.63, 3.8) is 0 Å². The Labute approximate surface area is 349 Å². The first kappa shape index (κ1) is 42.8. The fourth-order valence-corrected chi connectivity index (χ4v) is 10.6. The van der Waals surface area contributed by atoms with Gasteiger partial charge in [-0.15, -0.1) is 0 Å². The molecule has 3 aromatic carbocycles. The van der Waals surface area contributed by atoms with Crippen LogP contribution >= 0.6 is 0 Å². The minimum atomic E-state index is -3.59. The number of sulfone groups is 1. The summed E-state index contributed by atoms with van der Waals surface area (Å²) in [5, 5.41) is 13.0. The Morgan fingerprint density at radius 2 is 1.58 bits per heavy atom. The van der Waals surface area contributed by atoms with Crippen LogP contribution in [0.4, 0.5) is 0 Å². The van der Waals surface area contributed by atoms with Crippen LogP contribution in [-0.2, 0) is 21.1 Å². The number of unbranched alkanes of at least 4 members (excludes halogenated alkanes) is 2. The fourth-order valence-electron chi connectivity index (χ4n) is 9.72. The number of nitrogens with one attached hydrogen (secondary N) is 1. The lowest BCUT2D eigenvalue weighted by Crippen LogP contribution is -2.47. The molecular weight excluding hydrogens is 769 g/mol. The fraction of sp³-hybridized carbons (Fsp3) is 0.543. The molecule has 3 amide bonds. The van der Waals surface area contributed by atoms with Crippen LogP contribution in [0.25, 0.3) is 0 Å². The Kier molecular flexibility index (Phi) is 13.8. The zero-order chi connectivity index (χ0) is 41.7. The van der Waals surface area contributed by atoms with E-state index >= 15 is 0 Å². The van der Waals surface area contributed by atoms with Crippen LogP contribution in [0.1, 0.15) is 126 Å². The molecule has 3 fully saturated rings. The van der Waals surface area contributed by atoms with Gasteiger partial charge in [-0.1, -0.05) is 48.9 Å². The summed E-state index contributed by atoms with van der Waals surface area (Å²) in [4.78, 5) is 45.9. The lowest BCUT2D eigenvalue weighted by atomic mass is 9.85. The standard InChI is InChI=1S/C46H60N4O8S/c1-4-58-41-29-35(16-18-40(41)57-2)39(30-59(3,55)56)50-45(53)38-11-8-10-34(43(38)46(50)54)9-6-5-7-24-48-25-22-36(23-26-48)49-27-20-32(21-28-49)31-12-14-33(15-13-31)37-17-19-42(51)47-44(37)52/h8,10-16,18,29,32,36-37,39,44,52H,4-7,9,17,19-28,30H2,1-3H3,(H,47,51)/t37?,39-,44?/m1/s1. The van der Waals surface area contributed by atoms with Gasteiger partial charge in [-0.25, -0.2) is 8.42 Å². The second-order valence-corrected chi connectivity index (χ2v) is 19.0. The summed E-state index contributed by atoms with van der Waals surface area (Å²) in [7, 11) is -2.07. The quantitative estimate of drug-likeness (QED) is 0.133. The van der Waals surface area contributed by atoms with Crippen LogP contribution < -0.4 is 14.8 Å². The SMILES string of the molecule is CCOc1cc([C@@H](CS(C)(=O)=O)N2C(=O)c3cccc(CCCCCN4CCC(N5CCC(c6ccc(C7CCC(=O)NC7O)cc6)CC5)CC4)c3C2=O)ccc1OC. The molecule has 12 nitrogen and oxygen atoms in total. The van der Waals surface area contributed by atoms with E-state index in [1.54, 1.807) is 24.3 Å². The number of hydrogen-bond donors (Lipinski definition) is 2. The molecule has 318 valence electrons. The molecule has 4 aliphatic heterocycles. The molecule has 0 aliphatic carbocycles. The summed E-state index contributed by atoms with van der Waals surface area (Å²) in [6.45, 7) is 7.69. The molecule has 3 saturated heterocycles. The number of carbonyl (C=O) groups is 3. The average molecular weight is 829 g/mol. The van der Waals surface area contributed by atoms with Crippen LogP contribution in [0.15, 0.2) is 60.7 Å². The number of piperidine rings is 3. The van der Waals surface area contributed by atoms with E-state index in [-0.39, 0.29) is 11.8 Å². The highest BCUT2D eigenvalue weighted by atomic mass is 32.2. The van der Waals surface area contributed by atoms with Gasteiger partial charge in [0.1, 0.15) is 16.1 Å². The van der Waals surface area contributed by atoms with Gasteiger partial charge in [0.2, 0.25) is 5.91 Å². The van der Waals surface area contributed by atoms with Crippen molar-refractivity contribution in [2.45, 2.75) is 101 Å². The lowest BCUT2D eigenvalue weighted by molar-refractivity contribution is -0.127. The number of amides is 3. The van der Waals surface area contributed by atoms with E-state index in [1.165, 1.54) is 25.5 Å². The minimum Gasteiger partial charge on any atom is -0.493 e. The van der Waals surface area contributed by atoms with Gasteiger partial charge in [-0.05, 0) is 137 Å². The maximum absolute atomic E-state index is 14.1. The molecule has 59 heavy (non-hydrogen) atoms. The van der Waals surface area contributed by atoms with Crippen molar-refractivity contribution < 1.29 is 37.4 Å². The van der Waals surface area contributed by atoms with Crippen molar-refractivity contribution in [3.8, 4) is 11.5 Å². The number of ether oxygens (including phenoxy) is 2. The molecule has 7 rings (SSSR count). The number of likely N-dealkylation sites (tertiary alicyclic amines) is 2. The molecule has 13 heteroatoms. The summed E-state index contributed by atoms with van der Waals surface area (Å²) in [5.41, 5.74) is 4.47. The normalized spacial score (nSPS) is 21.7. The molecule has 4 aliphatic rings. The summed E-state index contributed by atoms with van der Waals surface area (Å²) in [6, 6.07) is 18.7. The van der Waals surface area contributed by atoms with Gasteiger partial charge in [0.05, 0.1) is 36.6 Å². The largest absolute Gasteiger partial charge is 0.493 e. The van der Waals surface area contributed by atoms with E-state index in [4.69, 9.17) is 9.47 Å². The Morgan fingerprint density at radius 3 is 2.25 bits per heavy atom. The zero-order valence-corrected chi connectivity index (χ0v) is 35.6. The van der Waals surface area contributed by atoms with Gasteiger partial charge in [-0.2, -0.15) is 0 Å². The number of hydrogen-bond acceptors (Lipinski definition) is 10. The second-order valence-electron chi connectivity index (χ2n) is 16.8. The first-order valence-corrected chi connectivity index (χ1v) is 23.5. The molecule has 3 atom stereocenters. The Hall–Kier alpha value is -4.30. The minimum absolute atomic E-state index is 0.0451. The smallest absolute Gasteiger partial charge is 0.262 e. The topological polar surface area (TPSA) is 146 Å². The molecule has 0 spiro atoms. The average Bonchev–Trinajstić information content (AvgIpc) is 3.49. The molecule has 4 heterocycles. The third kappa shape index (κ3) is 10.0. The van der Waals surface area contributed by atoms with E-state index in [0.29, 0.717) is 66.0 Å². The van der Waals surface area contributed by atoms with Crippen molar-refractivity contribution in [1.29, 1.82) is 0 Å². The van der Waals surface area contributed by atoms with Crippen molar-refractivity contribution in [3.05, 3.63) is 94.0 Å². The van der Waals surface area contributed by atoms with Crippen LogP contribution in [0.3, 0.4) is 0 Å². The van der Waals surface area contributed by atoms with Gasteiger partial charge in [-0.3, -0.25) is 19.3 Å². The number of carbonyl (C=O) groups excluding carboxylic acids is 3. The molecule has 0 aromatic heterocycles. The molecule has 3 aromatic rings. The predicted molar refractivity (Wildman–Crippen MR) is 227 cm³/mol. The lowest BCUT2D eigenvalue weighted by Gasteiger charge is -2.42. The number of aliphatic hydroxyl groups is 1. The molecule has 2 unspecified atom stereocenters. The highest BCUT2D eigenvalue weighted by molar-refractivity contribution is 7.90. The van der Waals surface area contributed by atoms with Gasteiger partial charge >= 0.3 is 0 Å². The monoisotopic (exact) mass is 828 g/mol. The van der Waals surface area contributed by atoms with Gasteiger partial charge in [0, 0.05) is 24.6 Å². The number of fused-ring (bicyclic) bond motifs is 1. The second kappa shape index (κ2) is 19.0. The summed E-state index contributed by atoms with van der Waals surface area (Å²) in [6.07, 6.45) is 9.73. The molecule has 0 bridgehead atoms. The molecule has 0 radical (unpaired) electrons. The van der Waals surface area contributed by atoms with E-state index in [9.17, 15) is 27.9 Å². The zero-order valence-electron chi connectivity index (χ0n) is 34.7. The van der Waals surface area contributed by atoms with Crippen LogP contribution in [0, 0.1) is 0 Å². The first-order chi connectivity index (χ1) is 28.4. The van der Waals surface area contributed by atoms with Crippen molar-refractivity contribution in [2.75, 3.05) is 58.4 Å². The van der Waals surface area contributed by atoms with E-state index < -0.39 is 39.7 Å². The first-order valence-electron chi connectivity index (χ1n) is 21.5. The van der Waals surface area contributed by atoms with E-state index in [0.717, 1.165) is 87.1 Å². The van der Waals surface area contributed by atoms with Gasteiger partial charge < -0.3 is 29.7 Å². The molecule has 2 N–H and O–H groups in total. The van der Waals surface area contributed by atoms with E-state index in [1.807, 2.05) is 19.1 Å². The van der Waals surface area contributed by atoms with Crippen molar-refractivity contribution in [2.24, 2.45) is 0 Å². The van der Waals surface area contributed by atoms with Crippen LogP contribution in [0.5, 0.6) is 11.5 Å². The van der Waals surface area contributed by atoms with Gasteiger partial charge in [0.15, 0.2) is 11.5 Å².